The highest BCUT2D eigenvalue weighted by Gasteiger charge is 2.18. The van der Waals surface area contributed by atoms with Crippen LogP contribution in [0.3, 0.4) is 0 Å². The van der Waals surface area contributed by atoms with Crippen LogP contribution < -0.4 is 10.0 Å². The number of carbonyl (C=O) groups is 1. The Bertz CT molecular complexity index is 830. The molecule has 1 heterocycles. The minimum atomic E-state index is -3.65. The van der Waals surface area contributed by atoms with E-state index in [1.165, 1.54) is 18.6 Å². The summed E-state index contributed by atoms with van der Waals surface area (Å²) in [6.07, 6.45) is 7.15. The fraction of sp³-hybridized carbons (Fsp3) is 0.368. The monoisotopic (exact) mass is 373 g/mol. The van der Waals surface area contributed by atoms with Crippen LogP contribution in [0.4, 0.5) is 0 Å². The standard InChI is InChI=1S/C19H23N3O3S/c23-19(22-16-6-2-1-3-7-16)15-9-11-18(12-10-15)26(24,25)21-14-17-8-4-5-13-20-17/h4-5,8-13,16,21H,1-3,6-7,14H2,(H,22,23). The van der Waals surface area contributed by atoms with Gasteiger partial charge >= 0.3 is 0 Å². The van der Waals surface area contributed by atoms with Gasteiger partial charge in [0.15, 0.2) is 0 Å². The Morgan fingerprint density at radius 2 is 1.77 bits per heavy atom. The summed E-state index contributed by atoms with van der Waals surface area (Å²) in [6.45, 7) is 0.118. The van der Waals surface area contributed by atoms with Gasteiger partial charge in [0.1, 0.15) is 0 Å². The van der Waals surface area contributed by atoms with E-state index >= 15 is 0 Å². The zero-order valence-electron chi connectivity index (χ0n) is 14.5. The van der Waals surface area contributed by atoms with Crippen molar-refractivity contribution in [2.24, 2.45) is 0 Å². The molecule has 1 aliphatic carbocycles. The Morgan fingerprint density at radius 3 is 2.42 bits per heavy atom. The second-order valence-corrected chi connectivity index (χ2v) is 8.25. The Labute approximate surface area is 154 Å². The van der Waals surface area contributed by atoms with Gasteiger partial charge in [-0.1, -0.05) is 25.3 Å². The molecule has 7 heteroatoms. The Kier molecular flexibility index (Phi) is 6.00. The lowest BCUT2D eigenvalue weighted by Gasteiger charge is -2.22. The molecule has 0 spiro atoms. The normalized spacial score (nSPS) is 15.5. The van der Waals surface area contributed by atoms with E-state index in [0.717, 1.165) is 25.7 Å². The van der Waals surface area contributed by atoms with E-state index in [2.05, 4.69) is 15.0 Å². The highest BCUT2D eigenvalue weighted by Crippen LogP contribution is 2.18. The number of rotatable bonds is 6. The number of benzene rings is 1. The van der Waals surface area contributed by atoms with Crippen molar-refractivity contribution in [1.82, 2.24) is 15.0 Å². The number of sulfonamides is 1. The van der Waals surface area contributed by atoms with Gasteiger partial charge in [-0.2, -0.15) is 0 Å². The van der Waals surface area contributed by atoms with Crippen molar-refractivity contribution in [3.05, 3.63) is 59.9 Å². The van der Waals surface area contributed by atoms with Gasteiger partial charge in [0.05, 0.1) is 17.1 Å². The van der Waals surface area contributed by atoms with Crippen molar-refractivity contribution < 1.29 is 13.2 Å². The van der Waals surface area contributed by atoms with Crippen molar-refractivity contribution in [3.63, 3.8) is 0 Å². The molecule has 0 aliphatic heterocycles. The predicted octanol–water partition coefficient (Wildman–Crippen LogP) is 2.62. The van der Waals surface area contributed by atoms with Crippen LogP contribution in [0.5, 0.6) is 0 Å². The van der Waals surface area contributed by atoms with Crippen molar-refractivity contribution >= 4 is 15.9 Å². The second-order valence-electron chi connectivity index (χ2n) is 6.48. The van der Waals surface area contributed by atoms with E-state index in [9.17, 15) is 13.2 Å². The summed E-state index contributed by atoms with van der Waals surface area (Å²) >= 11 is 0. The molecular weight excluding hydrogens is 350 g/mol. The lowest BCUT2D eigenvalue weighted by Crippen LogP contribution is -2.36. The van der Waals surface area contributed by atoms with Gasteiger partial charge in [0, 0.05) is 17.8 Å². The van der Waals surface area contributed by atoms with Crippen LogP contribution in [0.2, 0.25) is 0 Å². The van der Waals surface area contributed by atoms with Crippen LogP contribution in [0, 0.1) is 0 Å². The van der Waals surface area contributed by atoms with Crippen LogP contribution in [-0.4, -0.2) is 25.4 Å². The first-order chi connectivity index (χ1) is 12.5. The summed E-state index contributed by atoms with van der Waals surface area (Å²) in [5.74, 6) is -0.151. The van der Waals surface area contributed by atoms with Crippen molar-refractivity contribution in [1.29, 1.82) is 0 Å². The maximum Gasteiger partial charge on any atom is 0.251 e. The zero-order valence-corrected chi connectivity index (χ0v) is 15.3. The van der Waals surface area contributed by atoms with E-state index in [1.807, 2.05) is 0 Å². The molecule has 3 rings (SSSR count). The molecule has 0 radical (unpaired) electrons. The van der Waals surface area contributed by atoms with Crippen LogP contribution in [-0.2, 0) is 16.6 Å². The molecule has 0 unspecified atom stereocenters. The van der Waals surface area contributed by atoms with Gasteiger partial charge in [0.2, 0.25) is 10.0 Å². The highest BCUT2D eigenvalue weighted by atomic mass is 32.2. The Morgan fingerprint density at radius 1 is 1.04 bits per heavy atom. The summed E-state index contributed by atoms with van der Waals surface area (Å²) in [5, 5.41) is 3.03. The molecule has 26 heavy (non-hydrogen) atoms. The molecule has 0 saturated heterocycles. The summed E-state index contributed by atoms with van der Waals surface area (Å²) < 4.78 is 27.2. The summed E-state index contributed by atoms with van der Waals surface area (Å²) in [6, 6.07) is 11.6. The Balaban J connectivity index is 1.61. The number of hydrogen-bond acceptors (Lipinski definition) is 4. The van der Waals surface area contributed by atoms with Crippen LogP contribution in [0.25, 0.3) is 0 Å². The third kappa shape index (κ3) is 4.89. The third-order valence-corrected chi connectivity index (χ3v) is 5.95. The average molecular weight is 373 g/mol. The van der Waals surface area contributed by atoms with Gasteiger partial charge < -0.3 is 5.32 Å². The van der Waals surface area contributed by atoms with E-state index in [4.69, 9.17) is 0 Å². The molecule has 2 N–H and O–H groups in total. The molecule has 1 fully saturated rings. The van der Waals surface area contributed by atoms with Crippen LogP contribution in [0.1, 0.15) is 48.2 Å². The number of aromatic nitrogens is 1. The number of pyridine rings is 1. The first kappa shape index (κ1) is 18.5. The fourth-order valence-corrected chi connectivity index (χ4v) is 4.06. The molecule has 1 aromatic heterocycles. The molecule has 0 bridgehead atoms. The maximum absolute atomic E-state index is 12.4. The second kappa shape index (κ2) is 8.42. The maximum atomic E-state index is 12.4. The molecule has 1 aromatic carbocycles. The summed E-state index contributed by atoms with van der Waals surface area (Å²) in [4.78, 5) is 16.5. The number of nitrogens with zero attached hydrogens (tertiary/aromatic N) is 1. The van der Waals surface area contributed by atoms with Crippen LogP contribution >= 0.6 is 0 Å². The number of carbonyl (C=O) groups excluding carboxylic acids is 1. The van der Waals surface area contributed by atoms with E-state index < -0.39 is 10.0 Å². The third-order valence-electron chi connectivity index (χ3n) is 4.54. The van der Waals surface area contributed by atoms with Crippen molar-refractivity contribution in [2.45, 2.75) is 49.6 Å². The number of amides is 1. The van der Waals surface area contributed by atoms with Crippen LogP contribution in [0.15, 0.2) is 53.6 Å². The molecule has 1 aliphatic rings. The molecular formula is C19H23N3O3S. The lowest BCUT2D eigenvalue weighted by molar-refractivity contribution is 0.0927. The minimum Gasteiger partial charge on any atom is -0.349 e. The van der Waals surface area contributed by atoms with Gasteiger partial charge in [-0.25, -0.2) is 13.1 Å². The minimum absolute atomic E-state index is 0.118. The van der Waals surface area contributed by atoms with Crippen molar-refractivity contribution in [2.75, 3.05) is 0 Å². The van der Waals surface area contributed by atoms with Gasteiger partial charge in [0.25, 0.3) is 5.91 Å². The lowest BCUT2D eigenvalue weighted by atomic mass is 9.95. The fourth-order valence-electron chi connectivity index (χ4n) is 3.06. The van der Waals surface area contributed by atoms with E-state index in [0.29, 0.717) is 11.3 Å². The molecule has 2 aromatic rings. The smallest absolute Gasteiger partial charge is 0.251 e. The SMILES string of the molecule is O=C(NC1CCCCC1)c1ccc(S(=O)(=O)NCc2ccccn2)cc1. The average Bonchev–Trinajstić information content (AvgIpc) is 2.68. The highest BCUT2D eigenvalue weighted by molar-refractivity contribution is 7.89. The quantitative estimate of drug-likeness (QED) is 0.815. The summed E-state index contributed by atoms with van der Waals surface area (Å²) in [5.41, 5.74) is 1.11. The topological polar surface area (TPSA) is 88.2 Å². The molecule has 138 valence electrons. The first-order valence-corrected chi connectivity index (χ1v) is 10.3. The first-order valence-electron chi connectivity index (χ1n) is 8.85. The van der Waals surface area contributed by atoms with Gasteiger partial charge in [-0.15, -0.1) is 0 Å². The predicted molar refractivity (Wildman–Crippen MR) is 99.0 cm³/mol. The van der Waals surface area contributed by atoms with Gasteiger partial charge in [-0.3, -0.25) is 9.78 Å². The number of nitrogens with one attached hydrogen (secondary N) is 2. The summed E-state index contributed by atoms with van der Waals surface area (Å²) in [7, 11) is -3.65. The number of hydrogen-bond donors (Lipinski definition) is 2. The Hall–Kier alpha value is -2.25. The molecule has 0 atom stereocenters. The largest absolute Gasteiger partial charge is 0.349 e. The molecule has 6 nitrogen and oxygen atoms in total. The molecule has 1 saturated carbocycles. The molecule has 1 amide bonds. The van der Waals surface area contributed by atoms with E-state index in [-0.39, 0.29) is 23.4 Å². The zero-order chi connectivity index (χ0) is 18.4. The van der Waals surface area contributed by atoms with Crippen molar-refractivity contribution in [3.8, 4) is 0 Å². The van der Waals surface area contributed by atoms with Gasteiger partial charge in [-0.05, 0) is 49.2 Å². The van der Waals surface area contributed by atoms with E-state index in [1.54, 1.807) is 36.5 Å².